The van der Waals surface area contributed by atoms with Gasteiger partial charge < -0.3 is 28.7 Å². The Bertz CT molecular complexity index is 755. The summed E-state index contributed by atoms with van der Waals surface area (Å²) in [6.45, 7) is 0.862. The highest BCUT2D eigenvalue weighted by molar-refractivity contribution is 5.70. The van der Waals surface area contributed by atoms with Crippen LogP contribution in [0.1, 0.15) is 6.42 Å². The largest absolute Gasteiger partial charge is 0.493 e. The lowest BCUT2D eigenvalue weighted by Gasteiger charge is -2.13. The average molecular weight is 402 g/mol. The van der Waals surface area contributed by atoms with Gasteiger partial charge in [-0.25, -0.2) is 9.59 Å². The molecule has 0 aromatic heterocycles. The molecule has 0 saturated heterocycles. The maximum atomic E-state index is 11.6. The lowest BCUT2D eigenvalue weighted by molar-refractivity contribution is 0.171. The number of carbonyl (C=O) groups excluding carboxylic acids is 2. The van der Waals surface area contributed by atoms with Crippen molar-refractivity contribution in [3.63, 3.8) is 0 Å². The van der Waals surface area contributed by atoms with Gasteiger partial charge in [-0.15, -0.1) is 0 Å². The summed E-state index contributed by atoms with van der Waals surface area (Å²) < 4.78 is 21.7. The molecular weight excluding hydrogens is 376 g/mol. The first-order valence-corrected chi connectivity index (χ1v) is 9.09. The predicted molar refractivity (Wildman–Crippen MR) is 108 cm³/mol. The summed E-state index contributed by atoms with van der Waals surface area (Å²) in [5.41, 5.74) is 0. The van der Waals surface area contributed by atoms with Crippen molar-refractivity contribution in [3.05, 3.63) is 48.5 Å². The summed E-state index contributed by atoms with van der Waals surface area (Å²) in [5.74, 6) is 2.04. The highest BCUT2D eigenvalue weighted by Crippen LogP contribution is 2.21. The van der Waals surface area contributed by atoms with E-state index in [1.165, 1.54) is 9.80 Å². The Labute approximate surface area is 170 Å². The number of carbonyl (C=O) groups is 2. The highest BCUT2D eigenvalue weighted by atomic mass is 16.6. The Morgan fingerprint density at radius 3 is 1.45 bits per heavy atom. The lowest BCUT2D eigenvalue weighted by atomic mass is 10.3. The van der Waals surface area contributed by atoms with Crippen LogP contribution in [0.3, 0.4) is 0 Å². The fraction of sp³-hybridized carbons (Fsp3) is 0.333. The monoisotopic (exact) mass is 402 g/mol. The molecule has 2 rings (SSSR count). The normalized spacial score (nSPS) is 10.1. The second-order valence-electron chi connectivity index (χ2n) is 6.52. The van der Waals surface area contributed by atoms with Gasteiger partial charge in [0.15, 0.2) is 0 Å². The van der Waals surface area contributed by atoms with E-state index in [2.05, 4.69) is 0 Å². The molecule has 0 N–H and O–H groups in total. The van der Waals surface area contributed by atoms with Crippen LogP contribution in [0.2, 0.25) is 0 Å². The van der Waals surface area contributed by atoms with Crippen molar-refractivity contribution >= 4 is 12.2 Å². The zero-order valence-electron chi connectivity index (χ0n) is 17.1. The minimum Gasteiger partial charge on any atom is -0.493 e. The van der Waals surface area contributed by atoms with Gasteiger partial charge in [0, 0.05) is 46.7 Å². The van der Waals surface area contributed by atoms with E-state index in [0.717, 1.165) is 0 Å². The third-order valence-electron chi connectivity index (χ3n) is 3.58. The topological polar surface area (TPSA) is 77.5 Å². The Kier molecular flexibility index (Phi) is 8.14. The number of nitrogens with zero attached hydrogens (tertiary/aromatic N) is 2. The number of amides is 2. The van der Waals surface area contributed by atoms with Gasteiger partial charge in [-0.3, -0.25) is 0 Å². The molecule has 0 atom stereocenters. The fourth-order valence-electron chi connectivity index (χ4n) is 2.08. The molecule has 2 aromatic carbocycles. The van der Waals surface area contributed by atoms with E-state index in [-0.39, 0.29) is 0 Å². The van der Waals surface area contributed by atoms with Crippen LogP contribution < -0.4 is 18.9 Å². The van der Waals surface area contributed by atoms with Crippen molar-refractivity contribution in [2.24, 2.45) is 0 Å². The summed E-state index contributed by atoms with van der Waals surface area (Å²) in [6, 6.07) is 13.8. The van der Waals surface area contributed by atoms with Gasteiger partial charge in [0.2, 0.25) is 0 Å². The summed E-state index contributed by atoms with van der Waals surface area (Å²) in [4.78, 5) is 25.9. The van der Waals surface area contributed by atoms with Crippen LogP contribution in [0.15, 0.2) is 48.5 Å². The molecular formula is C21H26N2O6. The zero-order valence-corrected chi connectivity index (χ0v) is 17.1. The van der Waals surface area contributed by atoms with E-state index in [1.54, 1.807) is 76.7 Å². The van der Waals surface area contributed by atoms with E-state index >= 15 is 0 Å². The van der Waals surface area contributed by atoms with Crippen LogP contribution in [0.4, 0.5) is 9.59 Å². The molecule has 2 aromatic rings. The van der Waals surface area contributed by atoms with Crippen LogP contribution in [0.5, 0.6) is 23.0 Å². The van der Waals surface area contributed by atoms with Gasteiger partial charge in [0.1, 0.15) is 23.0 Å². The SMILES string of the molecule is CN(C)C(=O)Oc1cccc(OCCCOc2cccc(OC(=O)N(C)C)c2)c1. The van der Waals surface area contributed by atoms with Gasteiger partial charge in [-0.05, 0) is 24.3 Å². The van der Waals surface area contributed by atoms with Crippen molar-refractivity contribution in [1.82, 2.24) is 9.80 Å². The molecule has 8 heteroatoms. The van der Waals surface area contributed by atoms with Crippen molar-refractivity contribution in [2.75, 3.05) is 41.4 Å². The quantitative estimate of drug-likeness (QED) is 0.627. The summed E-state index contributed by atoms with van der Waals surface area (Å²) >= 11 is 0. The Hall–Kier alpha value is -3.42. The van der Waals surface area contributed by atoms with Crippen LogP contribution in [-0.4, -0.2) is 63.4 Å². The Morgan fingerprint density at radius 1 is 0.690 bits per heavy atom. The third kappa shape index (κ3) is 7.61. The molecule has 0 heterocycles. The predicted octanol–water partition coefficient (Wildman–Crippen LogP) is 3.66. The molecule has 8 nitrogen and oxygen atoms in total. The number of hydrogen-bond donors (Lipinski definition) is 0. The number of benzene rings is 2. The van der Waals surface area contributed by atoms with Gasteiger partial charge >= 0.3 is 12.2 Å². The number of ether oxygens (including phenoxy) is 4. The molecule has 0 saturated carbocycles. The molecule has 0 aliphatic rings. The van der Waals surface area contributed by atoms with Crippen molar-refractivity contribution in [2.45, 2.75) is 6.42 Å². The van der Waals surface area contributed by atoms with E-state index in [0.29, 0.717) is 42.6 Å². The molecule has 0 spiro atoms. The average Bonchev–Trinajstić information content (AvgIpc) is 2.68. The van der Waals surface area contributed by atoms with E-state index in [4.69, 9.17) is 18.9 Å². The fourth-order valence-corrected chi connectivity index (χ4v) is 2.08. The van der Waals surface area contributed by atoms with Gasteiger partial charge in [0.05, 0.1) is 13.2 Å². The number of hydrogen-bond acceptors (Lipinski definition) is 6. The summed E-state index contributed by atoms with van der Waals surface area (Å²) in [5, 5.41) is 0. The number of rotatable bonds is 8. The molecule has 0 radical (unpaired) electrons. The van der Waals surface area contributed by atoms with Crippen LogP contribution in [-0.2, 0) is 0 Å². The van der Waals surface area contributed by atoms with Crippen LogP contribution in [0, 0.1) is 0 Å². The first kappa shape index (κ1) is 21.9. The smallest absolute Gasteiger partial charge is 0.414 e. The molecule has 0 bridgehead atoms. The third-order valence-corrected chi connectivity index (χ3v) is 3.58. The van der Waals surface area contributed by atoms with Gasteiger partial charge in [-0.2, -0.15) is 0 Å². The van der Waals surface area contributed by atoms with E-state index in [9.17, 15) is 9.59 Å². The second-order valence-corrected chi connectivity index (χ2v) is 6.52. The maximum Gasteiger partial charge on any atom is 0.414 e. The molecule has 0 unspecified atom stereocenters. The molecule has 0 aliphatic heterocycles. The molecule has 29 heavy (non-hydrogen) atoms. The van der Waals surface area contributed by atoms with Crippen LogP contribution in [0.25, 0.3) is 0 Å². The summed E-state index contributed by atoms with van der Waals surface area (Å²) in [6.07, 6.45) is -0.258. The minimum atomic E-state index is -0.450. The molecule has 0 fully saturated rings. The standard InChI is InChI=1S/C21H26N2O6/c1-22(2)20(24)28-18-10-5-8-16(14-18)26-12-7-13-27-17-9-6-11-19(15-17)29-21(25)23(3)4/h5-6,8-11,14-15H,7,12-13H2,1-4H3. The van der Waals surface area contributed by atoms with Gasteiger partial charge in [0.25, 0.3) is 0 Å². The first-order valence-electron chi connectivity index (χ1n) is 9.09. The van der Waals surface area contributed by atoms with E-state index < -0.39 is 12.2 Å². The highest BCUT2D eigenvalue weighted by Gasteiger charge is 2.08. The van der Waals surface area contributed by atoms with Crippen LogP contribution >= 0.6 is 0 Å². The maximum absolute atomic E-state index is 11.6. The Morgan fingerprint density at radius 2 is 1.07 bits per heavy atom. The first-order chi connectivity index (χ1) is 13.8. The van der Waals surface area contributed by atoms with E-state index in [1.807, 2.05) is 0 Å². The Balaban J connectivity index is 1.75. The van der Waals surface area contributed by atoms with Crippen molar-refractivity contribution in [3.8, 4) is 23.0 Å². The zero-order chi connectivity index (χ0) is 21.2. The van der Waals surface area contributed by atoms with Crippen molar-refractivity contribution < 1.29 is 28.5 Å². The summed E-state index contributed by atoms with van der Waals surface area (Å²) in [7, 11) is 6.46. The van der Waals surface area contributed by atoms with Gasteiger partial charge in [-0.1, -0.05) is 12.1 Å². The minimum absolute atomic E-state index is 0.418. The molecule has 0 aliphatic carbocycles. The molecule has 2 amide bonds. The molecule has 156 valence electrons. The lowest BCUT2D eigenvalue weighted by Crippen LogP contribution is -2.25. The van der Waals surface area contributed by atoms with Crippen molar-refractivity contribution in [1.29, 1.82) is 0 Å². The second kappa shape index (κ2) is 10.8.